The number of hydrogen-bond acceptors (Lipinski definition) is 1. The van der Waals surface area contributed by atoms with E-state index in [1.165, 1.54) is 0 Å². The summed E-state index contributed by atoms with van der Waals surface area (Å²) in [5, 5.41) is 0. The van der Waals surface area contributed by atoms with Crippen molar-refractivity contribution in [3.8, 4) is 0 Å². The van der Waals surface area contributed by atoms with Gasteiger partial charge in [-0.15, -0.1) is 0 Å². The molecule has 0 fully saturated rings. The van der Waals surface area contributed by atoms with Crippen molar-refractivity contribution in [2.75, 3.05) is 0 Å². The van der Waals surface area contributed by atoms with Gasteiger partial charge in [0.2, 0.25) is 0 Å². The van der Waals surface area contributed by atoms with Crippen molar-refractivity contribution in [3.05, 3.63) is 6.42 Å². The molecule has 0 rings (SSSR count). The molecule has 1 atom stereocenters. The van der Waals surface area contributed by atoms with Gasteiger partial charge in [0.15, 0.2) is 0 Å². The Balaban J connectivity index is 0. The molecule has 0 aromatic carbocycles. The van der Waals surface area contributed by atoms with Crippen LogP contribution in [0.15, 0.2) is 0 Å². The standard InChI is InChI=1S/C6H10O.Y/c1-3-4-6(2)5-7;/h3,6H,4H2,1-2H3;/q-2;. The van der Waals surface area contributed by atoms with Crippen molar-refractivity contribution in [2.24, 2.45) is 5.92 Å². The first-order chi connectivity index (χ1) is 3.31. The van der Waals surface area contributed by atoms with Crippen molar-refractivity contribution >= 4 is 6.29 Å². The second-order valence-electron chi connectivity index (χ2n) is 1.66. The Kier molecular flexibility index (Phi) is 11.2. The maximum Gasteiger partial charge on any atom is 0 e. The van der Waals surface area contributed by atoms with E-state index in [2.05, 4.69) is 0 Å². The van der Waals surface area contributed by atoms with Crippen LogP contribution < -0.4 is 0 Å². The Morgan fingerprint density at radius 1 is 1.75 bits per heavy atom. The summed E-state index contributed by atoms with van der Waals surface area (Å²) < 4.78 is 0. The SMILES string of the molecule is C[CH-]CC(C)[C-]=O.[Y]. The van der Waals surface area contributed by atoms with E-state index in [4.69, 9.17) is 0 Å². The second-order valence-corrected chi connectivity index (χ2v) is 1.66. The van der Waals surface area contributed by atoms with E-state index in [1.54, 1.807) is 0 Å². The van der Waals surface area contributed by atoms with Gasteiger partial charge in [-0.3, -0.25) is 6.29 Å². The topological polar surface area (TPSA) is 17.1 Å². The van der Waals surface area contributed by atoms with Crippen LogP contribution in [0.4, 0.5) is 0 Å². The van der Waals surface area contributed by atoms with Gasteiger partial charge in [0.1, 0.15) is 0 Å². The van der Waals surface area contributed by atoms with E-state index in [-0.39, 0.29) is 38.6 Å². The Labute approximate surface area is 76.1 Å². The third kappa shape index (κ3) is 6.77. The fraction of sp³-hybridized carbons (Fsp3) is 0.667. The molecule has 0 aliphatic carbocycles. The summed E-state index contributed by atoms with van der Waals surface area (Å²) in [6, 6.07) is 0. The zero-order valence-corrected chi connectivity index (χ0v) is 8.19. The van der Waals surface area contributed by atoms with E-state index in [9.17, 15) is 4.79 Å². The molecular weight excluding hydrogens is 177 g/mol. The molecule has 1 nitrogen and oxygen atoms in total. The van der Waals surface area contributed by atoms with Crippen LogP contribution in [0.2, 0.25) is 0 Å². The fourth-order valence-corrected chi connectivity index (χ4v) is 0.402. The smallest absolute Gasteiger partial charge is 0 e. The van der Waals surface area contributed by atoms with Gasteiger partial charge in [0.05, 0.1) is 0 Å². The molecule has 0 amide bonds. The van der Waals surface area contributed by atoms with Crippen LogP contribution in [0.25, 0.3) is 0 Å². The summed E-state index contributed by atoms with van der Waals surface area (Å²) in [4.78, 5) is 9.75. The van der Waals surface area contributed by atoms with E-state index < -0.39 is 0 Å². The van der Waals surface area contributed by atoms with E-state index >= 15 is 0 Å². The monoisotopic (exact) mass is 187 g/mol. The molecule has 0 N–H and O–H groups in total. The van der Waals surface area contributed by atoms with Gasteiger partial charge >= 0.3 is 0 Å². The molecule has 45 valence electrons. The normalized spacial score (nSPS) is 11.8. The molecule has 0 heterocycles. The van der Waals surface area contributed by atoms with Crippen LogP contribution >= 0.6 is 0 Å². The summed E-state index contributed by atoms with van der Waals surface area (Å²) in [6.45, 7) is 3.79. The van der Waals surface area contributed by atoms with Crippen LogP contribution in [0.5, 0.6) is 0 Å². The van der Waals surface area contributed by atoms with Crippen molar-refractivity contribution in [1.29, 1.82) is 0 Å². The molecule has 0 saturated heterocycles. The predicted molar refractivity (Wildman–Crippen MR) is 29.4 cm³/mol. The minimum atomic E-state index is 0. The van der Waals surface area contributed by atoms with Gasteiger partial charge in [0.25, 0.3) is 0 Å². The van der Waals surface area contributed by atoms with Crippen molar-refractivity contribution in [1.82, 2.24) is 0 Å². The molecule has 1 radical (unpaired) electrons. The molecule has 0 aliphatic rings. The third-order valence-electron chi connectivity index (χ3n) is 0.790. The molecular formula is C6H10OY-2. The third-order valence-corrected chi connectivity index (χ3v) is 0.790. The van der Waals surface area contributed by atoms with Gasteiger partial charge in [-0.2, -0.15) is 12.8 Å². The average Bonchev–Trinajstić information content (AvgIpc) is 1.68. The van der Waals surface area contributed by atoms with Crippen LogP contribution in [0, 0.1) is 12.3 Å². The predicted octanol–water partition coefficient (Wildman–Crippen LogP) is 1.34. The molecule has 1 unspecified atom stereocenters. The van der Waals surface area contributed by atoms with Gasteiger partial charge in [0, 0.05) is 32.7 Å². The molecule has 0 bridgehead atoms. The zero-order chi connectivity index (χ0) is 5.70. The first-order valence-electron chi connectivity index (χ1n) is 2.46. The minimum absolute atomic E-state index is 0. The minimum Gasteiger partial charge on any atom is -0.542 e. The number of carbonyl (C=O) groups excluding carboxylic acids is 1. The van der Waals surface area contributed by atoms with Crippen LogP contribution in [-0.4, -0.2) is 6.29 Å². The van der Waals surface area contributed by atoms with E-state index in [1.807, 2.05) is 26.6 Å². The van der Waals surface area contributed by atoms with Crippen molar-refractivity contribution < 1.29 is 37.5 Å². The summed E-state index contributed by atoms with van der Waals surface area (Å²) >= 11 is 0. The largest absolute Gasteiger partial charge is 0.542 e. The van der Waals surface area contributed by atoms with Gasteiger partial charge in [-0.05, 0) is 0 Å². The Morgan fingerprint density at radius 3 is 2.38 bits per heavy atom. The summed E-state index contributed by atoms with van der Waals surface area (Å²) in [7, 11) is 0. The number of rotatable bonds is 3. The van der Waals surface area contributed by atoms with Gasteiger partial charge < -0.3 is 11.2 Å². The maximum atomic E-state index is 9.75. The molecule has 8 heavy (non-hydrogen) atoms. The van der Waals surface area contributed by atoms with Gasteiger partial charge in [-0.1, -0.05) is 6.92 Å². The second kappa shape index (κ2) is 7.77. The summed E-state index contributed by atoms with van der Waals surface area (Å²) in [6.07, 6.45) is 4.70. The molecule has 0 aliphatic heterocycles. The van der Waals surface area contributed by atoms with Crippen LogP contribution in [0.3, 0.4) is 0 Å². The van der Waals surface area contributed by atoms with Crippen LogP contribution in [0.1, 0.15) is 20.3 Å². The van der Waals surface area contributed by atoms with Crippen molar-refractivity contribution in [3.63, 3.8) is 0 Å². The molecule has 2 heteroatoms. The number of hydrogen-bond donors (Lipinski definition) is 0. The summed E-state index contributed by atoms with van der Waals surface area (Å²) in [5.74, 6) is 0.0880. The Bertz CT molecular complexity index is 54.5. The zero-order valence-electron chi connectivity index (χ0n) is 5.35. The molecule has 0 spiro atoms. The Morgan fingerprint density at radius 2 is 2.25 bits per heavy atom. The van der Waals surface area contributed by atoms with E-state index in [0.29, 0.717) is 0 Å². The molecule has 0 aromatic heterocycles. The molecule has 0 aromatic rings. The quantitative estimate of drug-likeness (QED) is 0.609. The summed E-state index contributed by atoms with van der Waals surface area (Å²) in [5.41, 5.74) is 0. The average molecular weight is 187 g/mol. The van der Waals surface area contributed by atoms with Crippen molar-refractivity contribution in [2.45, 2.75) is 20.3 Å². The maximum absolute atomic E-state index is 9.75. The first kappa shape index (κ1) is 11.6. The first-order valence-corrected chi connectivity index (χ1v) is 2.46. The van der Waals surface area contributed by atoms with Crippen LogP contribution in [-0.2, 0) is 37.5 Å². The molecule has 0 saturated carbocycles. The fourth-order valence-electron chi connectivity index (χ4n) is 0.402. The van der Waals surface area contributed by atoms with E-state index in [0.717, 1.165) is 6.42 Å². The Hall–Kier alpha value is 0.774. The van der Waals surface area contributed by atoms with Gasteiger partial charge in [-0.25, -0.2) is 6.42 Å².